The number of aromatic nitrogens is 1. The number of likely N-dealkylation sites (N-methyl/N-ethyl adjacent to an activating group) is 1. The van der Waals surface area contributed by atoms with Gasteiger partial charge in [-0.05, 0) is 55.8 Å². The Labute approximate surface area is 167 Å². The Kier molecular flexibility index (Phi) is 6.52. The van der Waals surface area contributed by atoms with E-state index in [0.717, 1.165) is 18.8 Å². The molecular weight excluding hydrogens is 352 g/mol. The summed E-state index contributed by atoms with van der Waals surface area (Å²) in [4.78, 5) is 29.9. The molecule has 0 bridgehead atoms. The molecule has 6 nitrogen and oxygen atoms in total. The lowest BCUT2D eigenvalue weighted by Gasteiger charge is -2.35. The van der Waals surface area contributed by atoms with E-state index in [9.17, 15) is 9.59 Å². The zero-order valence-electron chi connectivity index (χ0n) is 17.0. The zero-order valence-corrected chi connectivity index (χ0v) is 17.0. The molecule has 2 heterocycles. The van der Waals surface area contributed by atoms with E-state index in [0.29, 0.717) is 31.0 Å². The second-order valence-electron chi connectivity index (χ2n) is 7.92. The van der Waals surface area contributed by atoms with E-state index in [1.807, 2.05) is 46.1 Å². The van der Waals surface area contributed by atoms with Crippen molar-refractivity contribution in [3.63, 3.8) is 0 Å². The van der Waals surface area contributed by atoms with Crippen molar-refractivity contribution >= 4 is 11.8 Å². The molecule has 1 aromatic heterocycles. The average molecular weight is 383 g/mol. The summed E-state index contributed by atoms with van der Waals surface area (Å²) in [5.41, 5.74) is 1.56. The maximum atomic E-state index is 13.0. The predicted molar refractivity (Wildman–Crippen MR) is 111 cm³/mol. The number of hydrogen-bond acceptors (Lipinski definition) is 3. The highest BCUT2D eigenvalue weighted by Crippen LogP contribution is 2.13. The van der Waals surface area contributed by atoms with Crippen molar-refractivity contribution in [1.29, 1.82) is 0 Å². The molecule has 0 spiro atoms. The molecule has 2 aromatic rings. The Morgan fingerprint density at radius 2 is 1.61 bits per heavy atom. The van der Waals surface area contributed by atoms with Crippen molar-refractivity contribution in [3.8, 4) is 5.69 Å². The van der Waals surface area contributed by atoms with Crippen LogP contribution in [0.5, 0.6) is 0 Å². The average Bonchev–Trinajstić information content (AvgIpc) is 3.22. The number of benzene rings is 1. The lowest BCUT2D eigenvalue weighted by atomic mass is 10.0. The van der Waals surface area contributed by atoms with Gasteiger partial charge < -0.3 is 19.7 Å². The lowest BCUT2D eigenvalue weighted by molar-refractivity contribution is -0.135. The van der Waals surface area contributed by atoms with Crippen LogP contribution in [0.25, 0.3) is 5.69 Å². The van der Waals surface area contributed by atoms with Gasteiger partial charge in [0.1, 0.15) is 6.04 Å². The van der Waals surface area contributed by atoms with Crippen LogP contribution in [-0.2, 0) is 4.79 Å². The quantitative estimate of drug-likeness (QED) is 0.835. The highest BCUT2D eigenvalue weighted by molar-refractivity contribution is 5.97. The van der Waals surface area contributed by atoms with Gasteiger partial charge >= 0.3 is 0 Å². The van der Waals surface area contributed by atoms with Crippen molar-refractivity contribution in [2.24, 2.45) is 5.92 Å². The lowest BCUT2D eigenvalue weighted by Crippen LogP contribution is -2.54. The second-order valence-corrected chi connectivity index (χ2v) is 7.92. The Morgan fingerprint density at radius 1 is 1.00 bits per heavy atom. The molecule has 0 aliphatic carbocycles. The molecule has 1 fully saturated rings. The minimum atomic E-state index is -0.486. The van der Waals surface area contributed by atoms with Gasteiger partial charge in [0.15, 0.2) is 0 Å². The number of carbonyl (C=O) groups excluding carboxylic acids is 2. The van der Waals surface area contributed by atoms with E-state index in [2.05, 4.69) is 31.1 Å². The molecule has 28 heavy (non-hydrogen) atoms. The summed E-state index contributed by atoms with van der Waals surface area (Å²) in [6.07, 6.45) is 4.56. The third kappa shape index (κ3) is 5.01. The molecule has 2 amide bonds. The number of rotatable bonds is 6. The van der Waals surface area contributed by atoms with Crippen LogP contribution < -0.4 is 5.32 Å². The SMILES string of the molecule is CC(C)C[C@@H](NC(=O)c1ccc(-n2cccc2)cc1)C(=O)N1CCN(C)CC1. The van der Waals surface area contributed by atoms with E-state index < -0.39 is 6.04 Å². The minimum Gasteiger partial charge on any atom is -0.340 e. The first-order valence-electron chi connectivity index (χ1n) is 9.95. The Bertz CT molecular complexity index is 775. The molecule has 1 atom stereocenters. The summed E-state index contributed by atoms with van der Waals surface area (Å²) in [5.74, 6) is 0.143. The van der Waals surface area contributed by atoms with E-state index in [4.69, 9.17) is 0 Å². The fourth-order valence-electron chi connectivity index (χ4n) is 3.47. The van der Waals surface area contributed by atoms with Crippen molar-refractivity contribution in [2.45, 2.75) is 26.3 Å². The van der Waals surface area contributed by atoms with Gasteiger partial charge in [0.25, 0.3) is 5.91 Å². The highest BCUT2D eigenvalue weighted by atomic mass is 16.2. The van der Waals surface area contributed by atoms with Crippen LogP contribution in [0.2, 0.25) is 0 Å². The topological polar surface area (TPSA) is 57.6 Å². The van der Waals surface area contributed by atoms with E-state index >= 15 is 0 Å². The molecule has 150 valence electrons. The summed E-state index contributed by atoms with van der Waals surface area (Å²) in [6.45, 7) is 7.31. The van der Waals surface area contributed by atoms with Gasteiger partial charge in [0.05, 0.1) is 0 Å². The van der Waals surface area contributed by atoms with Crippen LogP contribution >= 0.6 is 0 Å². The molecule has 0 unspecified atom stereocenters. The maximum Gasteiger partial charge on any atom is 0.251 e. The molecule has 1 aliphatic rings. The van der Waals surface area contributed by atoms with Crippen LogP contribution in [0.15, 0.2) is 48.8 Å². The Balaban J connectivity index is 1.67. The summed E-state index contributed by atoms with van der Waals surface area (Å²) in [7, 11) is 2.06. The third-order valence-electron chi connectivity index (χ3n) is 5.16. The van der Waals surface area contributed by atoms with E-state index in [-0.39, 0.29) is 11.8 Å². The number of piperazine rings is 1. The van der Waals surface area contributed by atoms with Gasteiger partial charge in [0.2, 0.25) is 5.91 Å². The molecule has 1 saturated heterocycles. The monoisotopic (exact) mass is 382 g/mol. The van der Waals surface area contributed by atoms with E-state index in [1.54, 1.807) is 12.1 Å². The number of amides is 2. The van der Waals surface area contributed by atoms with Crippen molar-refractivity contribution < 1.29 is 9.59 Å². The van der Waals surface area contributed by atoms with Gasteiger partial charge in [-0.2, -0.15) is 0 Å². The Morgan fingerprint density at radius 3 is 2.18 bits per heavy atom. The molecule has 1 aliphatic heterocycles. The van der Waals surface area contributed by atoms with Crippen LogP contribution in [0.3, 0.4) is 0 Å². The smallest absolute Gasteiger partial charge is 0.251 e. The molecule has 6 heteroatoms. The normalized spacial score (nSPS) is 16.2. The van der Waals surface area contributed by atoms with Crippen molar-refractivity contribution in [2.75, 3.05) is 33.2 Å². The van der Waals surface area contributed by atoms with Crippen LogP contribution in [-0.4, -0.2) is 65.4 Å². The van der Waals surface area contributed by atoms with Gasteiger partial charge in [-0.25, -0.2) is 0 Å². The van der Waals surface area contributed by atoms with Crippen molar-refractivity contribution in [3.05, 3.63) is 54.4 Å². The second kappa shape index (κ2) is 9.06. The number of hydrogen-bond donors (Lipinski definition) is 1. The third-order valence-corrected chi connectivity index (χ3v) is 5.16. The standard InChI is InChI=1S/C22H30N4O2/c1-17(2)16-20(22(28)26-14-12-24(3)13-15-26)23-21(27)18-6-8-19(9-7-18)25-10-4-5-11-25/h4-11,17,20H,12-16H2,1-3H3,(H,23,27)/t20-/m1/s1. The minimum absolute atomic E-state index is 0.0270. The first-order valence-corrected chi connectivity index (χ1v) is 9.95. The maximum absolute atomic E-state index is 13.0. The predicted octanol–water partition coefficient (Wildman–Crippen LogP) is 2.40. The zero-order chi connectivity index (χ0) is 20.1. The van der Waals surface area contributed by atoms with Crippen molar-refractivity contribution in [1.82, 2.24) is 19.7 Å². The van der Waals surface area contributed by atoms with Crippen LogP contribution in [0.1, 0.15) is 30.6 Å². The highest BCUT2D eigenvalue weighted by Gasteiger charge is 2.28. The number of nitrogens with zero attached hydrogens (tertiary/aromatic N) is 3. The molecule has 0 radical (unpaired) electrons. The van der Waals surface area contributed by atoms with Gasteiger partial charge in [0, 0.05) is 49.8 Å². The van der Waals surface area contributed by atoms with Crippen LogP contribution in [0, 0.1) is 5.92 Å². The fourth-order valence-corrected chi connectivity index (χ4v) is 3.47. The van der Waals surface area contributed by atoms with E-state index in [1.165, 1.54) is 0 Å². The van der Waals surface area contributed by atoms with Gasteiger partial charge in [-0.3, -0.25) is 9.59 Å². The summed E-state index contributed by atoms with van der Waals surface area (Å²) in [5, 5.41) is 2.98. The molecular formula is C22H30N4O2. The summed E-state index contributed by atoms with van der Waals surface area (Å²) >= 11 is 0. The first-order chi connectivity index (χ1) is 13.4. The summed E-state index contributed by atoms with van der Waals surface area (Å²) < 4.78 is 1.99. The van der Waals surface area contributed by atoms with Crippen LogP contribution in [0.4, 0.5) is 0 Å². The fraction of sp³-hybridized carbons (Fsp3) is 0.455. The number of carbonyl (C=O) groups is 2. The largest absolute Gasteiger partial charge is 0.340 e. The van der Waals surface area contributed by atoms with Gasteiger partial charge in [-0.15, -0.1) is 0 Å². The molecule has 0 saturated carbocycles. The number of nitrogens with one attached hydrogen (secondary N) is 1. The Hall–Kier alpha value is -2.60. The molecule has 1 N–H and O–H groups in total. The summed E-state index contributed by atoms with van der Waals surface area (Å²) in [6, 6.07) is 10.9. The van der Waals surface area contributed by atoms with Gasteiger partial charge in [-0.1, -0.05) is 13.8 Å². The molecule has 3 rings (SSSR count). The molecule has 1 aromatic carbocycles. The first kappa shape index (κ1) is 20.1.